The Kier molecular flexibility index (Phi) is 2.63. The van der Waals surface area contributed by atoms with Crippen molar-refractivity contribution in [3.63, 3.8) is 0 Å². The third-order valence-electron chi connectivity index (χ3n) is 1.93. The molecule has 2 aromatic rings. The first-order valence-corrected chi connectivity index (χ1v) is 4.47. The molecule has 0 aliphatic heterocycles. The topological polar surface area (TPSA) is 67.9 Å². The standard InChI is InChI=1S/C10H8FN3O2/c1-16-10-13-8(12-9(15)14-10)6-2-4-7(11)5-3-6/h2-5H,1H3,(H,12,13,14,15). The van der Waals surface area contributed by atoms with Gasteiger partial charge in [0.05, 0.1) is 7.11 Å². The normalized spacial score (nSPS) is 10.1. The molecule has 0 spiro atoms. The highest BCUT2D eigenvalue weighted by atomic mass is 19.1. The lowest BCUT2D eigenvalue weighted by Gasteiger charge is -2.01. The van der Waals surface area contributed by atoms with Crippen molar-refractivity contribution in [2.24, 2.45) is 0 Å². The quantitative estimate of drug-likeness (QED) is 0.820. The van der Waals surface area contributed by atoms with E-state index in [1.54, 1.807) is 0 Å². The summed E-state index contributed by atoms with van der Waals surface area (Å²) in [7, 11) is 1.36. The van der Waals surface area contributed by atoms with E-state index in [1.807, 2.05) is 0 Å². The molecule has 0 atom stereocenters. The number of ether oxygens (including phenoxy) is 1. The van der Waals surface area contributed by atoms with Gasteiger partial charge in [0.1, 0.15) is 11.6 Å². The minimum atomic E-state index is -0.564. The Balaban J connectivity index is 2.51. The largest absolute Gasteiger partial charge is 0.467 e. The molecular weight excluding hydrogens is 213 g/mol. The number of benzene rings is 1. The number of nitrogens with zero attached hydrogens (tertiary/aromatic N) is 2. The third kappa shape index (κ3) is 2.05. The molecule has 0 amide bonds. The van der Waals surface area contributed by atoms with Crippen molar-refractivity contribution in [3.8, 4) is 17.4 Å². The fraction of sp³-hybridized carbons (Fsp3) is 0.100. The van der Waals surface area contributed by atoms with Crippen LogP contribution in [0.3, 0.4) is 0 Å². The van der Waals surface area contributed by atoms with Gasteiger partial charge in [-0.2, -0.15) is 4.98 Å². The van der Waals surface area contributed by atoms with Gasteiger partial charge in [-0.15, -0.1) is 4.98 Å². The molecule has 1 heterocycles. The zero-order valence-electron chi connectivity index (χ0n) is 8.40. The monoisotopic (exact) mass is 221 g/mol. The Morgan fingerprint density at radius 2 is 1.94 bits per heavy atom. The van der Waals surface area contributed by atoms with Crippen molar-refractivity contribution < 1.29 is 9.13 Å². The predicted octanol–water partition coefficient (Wildman–Crippen LogP) is 0.980. The molecule has 1 N–H and O–H groups in total. The maximum absolute atomic E-state index is 12.7. The molecule has 0 unspecified atom stereocenters. The molecule has 0 aliphatic carbocycles. The van der Waals surface area contributed by atoms with Crippen LogP contribution in [0, 0.1) is 5.82 Å². The minimum Gasteiger partial charge on any atom is -0.467 e. The fourth-order valence-electron chi connectivity index (χ4n) is 1.20. The van der Waals surface area contributed by atoms with Gasteiger partial charge in [0.15, 0.2) is 0 Å². The second-order valence-electron chi connectivity index (χ2n) is 3.00. The average Bonchev–Trinajstić information content (AvgIpc) is 2.29. The summed E-state index contributed by atoms with van der Waals surface area (Å²) < 4.78 is 17.5. The summed E-state index contributed by atoms with van der Waals surface area (Å²) in [6.07, 6.45) is 0. The fourth-order valence-corrected chi connectivity index (χ4v) is 1.20. The molecule has 0 fully saturated rings. The minimum absolute atomic E-state index is 0.0249. The highest BCUT2D eigenvalue weighted by Gasteiger charge is 2.05. The van der Waals surface area contributed by atoms with Crippen LogP contribution < -0.4 is 10.4 Å². The number of H-pyrrole nitrogens is 1. The molecule has 6 heteroatoms. The highest BCUT2D eigenvalue weighted by molar-refractivity contribution is 5.54. The third-order valence-corrected chi connectivity index (χ3v) is 1.93. The van der Waals surface area contributed by atoms with Crippen LogP contribution in [0.25, 0.3) is 11.4 Å². The summed E-state index contributed by atoms with van der Waals surface area (Å²) in [5.74, 6) is -0.0658. The number of hydrogen-bond acceptors (Lipinski definition) is 4. The molecular formula is C10H8FN3O2. The Morgan fingerprint density at radius 3 is 2.56 bits per heavy atom. The lowest BCUT2D eigenvalue weighted by molar-refractivity contribution is 0.377. The van der Waals surface area contributed by atoms with Crippen molar-refractivity contribution >= 4 is 0 Å². The number of hydrogen-bond donors (Lipinski definition) is 1. The number of nitrogens with one attached hydrogen (secondary N) is 1. The second-order valence-corrected chi connectivity index (χ2v) is 3.00. The van der Waals surface area contributed by atoms with E-state index in [0.717, 1.165) is 0 Å². The van der Waals surface area contributed by atoms with Gasteiger partial charge in [-0.3, -0.25) is 4.98 Å². The van der Waals surface area contributed by atoms with Crippen molar-refractivity contribution in [3.05, 3.63) is 40.6 Å². The van der Waals surface area contributed by atoms with Crippen LogP contribution in [0.4, 0.5) is 4.39 Å². The number of halogens is 1. The summed E-state index contributed by atoms with van der Waals surface area (Å²) in [6.45, 7) is 0. The van der Waals surface area contributed by atoms with E-state index in [2.05, 4.69) is 15.0 Å². The number of methoxy groups -OCH3 is 1. The first-order valence-electron chi connectivity index (χ1n) is 4.47. The first-order chi connectivity index (χ1) is 7.69. The smallest absolute Gasteiger partial charge is 0.351 e. The summed E-state index contributed by atoms with van der Waals surface area (Å²) in [5.41, 5.74) is 0.0189. The van der Waals surface area contributed by atoms with Gasteiger partial charge in [0.25, 0.3) is 0 Å². The zero-order valence-corrected chi connectivity index (χ0v) is 8.40. The SMILES string of the molecule is COc1nc(-c2ccc(F)cc2)[nH]c(=O)n1. The molecule has 0 bridgehead atoms. The maximum atomic E-state index is 12.7. The zero-order chi connectivity index (χ0) is 11.5. The lowest BCUT2D eigenvalue weighted by atomic mass is 10.2. The molecule has 0 saturated carbocycles. The van der Waals surface area contributed by atoms with Gasteiger partial charge in [-0.25, -0.2) is 9.18 Å². The molecule has 1 aromatic carbocycles. The highest BCUT2D eigenvalue weighted by Crippen LogP contribution is 2.14. The maximum Gasteiger partial charge on any atom is 0.351 e. The summed E-state index contributed by atoms with van der Waals surface area (Å²) in [4.78, 5) is 21.0. The number of aromatic nitrogens is 3. The molecule has 2 rings (SSSR count). The Morgan fingerprint density at radius 1 is 1.25 bits per heavy atom. The molecule has 5 nitrogen and oxygen atoms in total. The summed E-state index contributed by atoms with van der Waals surface area (Å²) in [6, 6.07) is 5.55. The van der Waals surface area contributed by atoms with E-state index in [0.29, 0.717) is 5.56 Å². The van der Waals surface area contributed by atoms with E-state index >= 15 is 0 Å². The summed E-state index contributed by atoms with van der Waals surface area (Å²) >= 11 is 0. The van der Waals surface area contributed by atoms with Gasteiger partial charge in [0.2, 0.25) is 0 Å². The van der Waals surface area contributed by atoms with E-state index in [-0.39, 0.29) is 17.7 Å². The van der Waals surface area contributed by atoms with Gasteiger partial charge in [-0.1, -0.05) is 0 Å². The van der Waals surface area contributed by atoms with Crippen molar-refractivity contribution in [2.75, 3.05) is 7.11 Å². The molecule has 0 aliphatic rings. The van der Waals surface area contributed by atoms with Crippen LogP contribution in [0.5, 0.6) is 6.01 Å². The van der Waals surface area contributed by atoms with Crippen LogP contribution in [0.2, 0.25) is 0 Å². The van der Waals surface area contributed by atoms with Gasteiger partial charge in [-0.05, 0) is 24.3 Å². The number of rotatable bonds is 2. The Labute approximate surface area is 90.0 Å². The first kappa shape index (κ1) is 10.3. The van der Waals surface area contributed by atoms with Crippen molar-refractivity contribution in [1.82, 2.24) is 15.0 Å². The van der Waals surface area contributed by atoms with Crippen LogP contribution in [-0.2, 0) is 0 Å². The van der Waals surface area contributed by atoms with Crippen molar-refractivity contribution in [1.29, 1.82) is 0 Å². The molecule has 16 heavy (non-hydrogen) atoms. The Bertz CT molecular complexity index is 551. The molecule has 1 aromatic heterocycles. The molecule has 0 radical (unpaired) electrons. The van der Waals surface area contributed by atoms with E-state index < -0.39 is 5.69 Å². The van der Waals surface area contributed by atoms with Crippen LogP contribution >= 0.6 is 0 Å². The Hall–Kier alpha value is -2.24. The molecule has 0 saturated heterocycles. The van der Waals surface area contributed by atoms with E-state index in [1.165, 1.54) is 31.4 Å². The van der Waals surface area contributed by atoms with Gasteiger partial charge >= 0.3 is 11.7 Å². The average molecular weight is 221 g/mol. The summed E-state index contributed by atoms with van der Waals surface area (Å²) in [5, 5.41) is 0. The van der Waals surface area contributed by atoms with Crippen LogP contribution in [0.1, 0.15) is 0 Å². The van der Waals surface area contributed by atoms with Gasteiger partial charge < -0.3 is 4.74 Å². The predicted molar refractivity (Wildman–Crippen MR) is 54.6 cm³/mol. The number of aromatic amines is 1. The van der Waals surface area contributed by atoms with Gasteiger partial charge in [0, 0.05) is 5.56 Å². The van der Waals surface area contributed by atoms with Crippen molar-refractivity contribution in [2.45, 2.75) is 0 Å². The van der Waals surface area contributed by atoms with Crippen LogP contribution in [-0.4, -0.2) is 22.1 Å². The molecule has 82 valence electrons. The van der Waals surface area contributed by atoms with E-state index in [4.69, 9.17) is 4.74 Å². The van der Waals surface area contributed by atoms with E-state index in [9.17, 15) is 9.18 Å². The second kappa shape index (κ2) is 4.09. The van der Waals surface area contributed by atoms with Crippen LogP contribution in [0.15, 0.2) is 29.1 Å². The lowest BCUT2D eigenvalue weighted by Crippen LogP contribution is -2.14.